The molecule has 110 valence electrons. The lowest BCUT2D eigenvalue weighted by Crippen LogP contribution is -2.66. The molecule has 2 aliphatic rings. The largest absolute Gasteiger partial charge is 0.332 e. The molecular weight excluding hydrogens is 252 g/mol. The van der Waals surface area contributed by atoms with Crippen molar-refractivity contribution in [3.05, 3.63) is 18.0 Å². The van der Waals surface area contributed by atoms with Crippen molar-refractivity contribution in [2.24, 2.45) is 7.05 Å². The molecular formula is C15H24N4O. The predicted octanol–water partition coefficient (Wildman–Crippen LogP) is 1.51. The Balaban J connectivity index is 1.90. The Hall–Kier alpha value is -1.36. The third-order valence-electron chi connectivity index (χ3n) is 5.12. The van der Waals surface area contributed by atoms with Crippen LogP contribution in [0.4, 0.5) is 0 Å². The summed E-state index contributed by atoms with van der Waals surface area (Å²) < 4.78 is 1.70. The molecule has 0 unspecified atom stereocenters. The highest BCUT2D eigenvalue weighted by molar-refractivity contribution is 5.94. The zero-order valence-electron chi connectivity index (χ0n) is 12.7. The highest BCUT2D eigenvalue weighted by Crippen LogP contribution is 2.39. The highest BCUT2D eigenvalue weighted by Gasteiger charge is 2.48. The van der Waals surface area contributed by atoms with Crippen molar-refractivity contribution in [3.63, 3.8) is 0 Å². The van der Waals surface area contributed by atoms with Gasteiger partial charge in [-0.1, -0.05) is 0 Å². The predicted molar refractivity (Wildman–Crippen MR) is 77.5 cm³/mol. The van der Waals surface area contributed by atoms with Gasteiger partial charge in [-0.15, -0.1) is 0 Å². The summed E-state index contributed by atoms with van der Waals surface area (Å²) in [5.41, 5.74) is 0.681. The highest BCUT2D eigenvalue weighted by atomic mass is 16.2. The van der Waals surface area contributed by atoms with Gasteiger partial charge in [-0.05, 0) is 46.2 Å². The molecule has 0 aliphatic carbocycles. The monoisotopic (exact) mass is 276 g/mol. The van der Waals surface area contributed by atoms with E-state index in [-0.39, 0.29) is 11.4 Å². The van der Waals surface area contributed by atoms with Crippen LogP contribution in [-0.2, 0) is 7.05 Å². The van der Waals surface area contributed by atoms with Crippen LogP contribution in [-0.4, -0.2) is 57.2 Å². The zero-order chi connectivity index (χ0) is 14.3. The van der Waals surface area contributed by atoms with Gasteiger partial charge in [0.25, 0.3) is 5.91 Å². The van der Waals surface area contributed by atoms with Crippen molar-refractivity contribution in [1.29, 1.82) is 0 Å². The van der Waals surface area contributed by atoms with Gasteiger partial charge in [-0.3, -0.25) is 9.48 Å². The van der Waals surface area contributed by atoms with Crippen molar-refractivity contribution >= 4 is 5.91 Å². The number of hydrogen-bond donors (Lipinski definition) is 0. The molecule has 0 spiro atoms. The van der Waals surface area contributed by atoms with E-state index in [1.54, 1.807) is 10.9 Å². The van der Waals surface area contributed by atoms with E-state index in [9.17, 15) is 4.79 Å². The number of aryl methyl sites for hydroxylation is 1. The summed E-state index contributed by atoms with van der Waals surface area (Å²) in [6.45, 7) is 4.28. The zero-order valence-corrected chi connectivity index (χ0v) is 12.7. The molecule has 1 aromatic rings. The van der Waals surface area contributed by atoms with Gasteiger partial charge >= 0.3 is 0 Å². The smallest absolute Gasteiger partial charge is 0.257 e. The summed E-state index contributed by atoms with van der Waals surface area (Å²) in [7, 11) is 4.05. The minimum atomic E-state index is -0.0296. The van der Waals surface area contributed by atoms with E-state index in [0.717, 1.165) is 25.9 Å². The minimum absolute atomic E-state index is 0.0296. The van der Waals surface area contributed by atoms with E-state index in [2.05, 4.69) is 28.9 Å². The number of likely N-dealkylation sites (tertiary alicyclic amines) is 2. The third-order valence-corrected chi connectivity index (χ3v) is 5.12. The molecule has 20 heavy (non-hydrogen) atoms. The SMILES string of the molecule is CN1CCC[C@@]2(C)[C@H]1CCCN2C(=O)c1cnn(C)c1. The van der Waals surface area contributed by atoms with Crippen LogP contribution in [0.2, 0.25) is 0 Å². The molecule has 3 rings (SSSR count). The molecule has 0 aromatic carbocycles. The van der Waals surface area contributed by atoms with Crippen LogP contribution in [0.15, 0.2) is 12.4 Å². The maximum Gasteiger partial charge on any atom is 0.257 e. The van der Waals surface area contributed by atoms with Crippen LogP contribution in [0.25, 0.3) is 0 Å². The molecule has 5 heteroatoms. The van der Waals surface area contributed by atoms with Gasteiger partial charge < -0.3 is 9.80 Å². The van der Waals surface area contributed by atoms with Crippen LogP contribution in [0, 0.1) is 0 Å². The summed E-state index contributed by atoms with van der Waals surface area (Å²) in [6.07, 6.45) is 8.07. The van der Waals surface area contributed by atoms with Crippen LogP contribution in [0.1, 0.15) is 43.0 Å². The Labute approximate surface area is 120 Å². The van der Waals surface area contributed by atoms with Gasteiger partial charge in [0.15, 0.2) is 0 Å². The van der Waals surface area contributed by atoms with E-state index >= 15 is 0 Å². The number of carbonyl (C=O) groups is 1. The second-order valence-corrected chi connectivity index (χ2v) is 6.46. The van der Waals surface area contributed by atoms with Crippen molar-refractivity contribution in [2.45, 2.75) is 44.2 Å². The Morgan fingerprint density at radius 2 is 2.15 bits per heavy atom. The maximum atomic E-state index is 12.8. The molecule has 0 bridgehead atoms. The molecule has 3 heterocycles. The number of nitrogens with zero attached hydrogens (tertiary/aromatic N) is 4. The maximum absolute atomic E-state index is 12.8. The first-order chi connectivity index (χ1) is 9.52. The number of carbonyl (C=O) groups excluding carboxylic acids is 1. The summed E-state index contributed by atoms with van der Waals surface area (Å²) in [5.74, 6) is 0.139. The number of rotatable bonds is 1. The summed E-state index contributed by atoms with van der Waals surface area (Å²) in [5, 5.41) is 4.13. The fourth-order valence-corrected chi connectivity index (χ4v) is 4.05. The second-order valence-electron chi connectivity index (χ2n) is 6.46. The lowest BCUT2D eigenvalue weighted by Gasteiger charge is -2.55. The molecule has 1 aromatic heterocycles. The number of likely N-dealkylation sites (N-methyl/N-ethyl adjacent to an activating group) is 1. The van der Waals surface area contributed by atoms with Crippen LogP contribution >= 0.6 is 0 Å². The third kappa shape index (κ3) is 2.04. The average molecular weight is 276 g/mol. The van der Waals surface area contributed by atoms with Gasteiger partial charge in [-0.25, -0.2) is 0 Å². The van der Waals surface area contributed by atoms with Gasteiger partial charge in [0.2, 0.25) is 0 Å². The first-order valence-electron chi connectivity index (χ1n) is 7.53. The Bertz CT molecular complexity index is 512. The Morgan fingerprint density at radius 3 is 2.85 bits per heavy atom. The summed E-state index contributed by atoms with van der Waals surface area (Å²) >= 11 is 0. The number of fused-ring (bicyclic) bond motifs is 1. The molecule has 2 atom stereocenters. The average Bonchev–Trinajstić information content (AvgIpc) is 2.84. The van der Waals surface area contributed by atoms with E-state index < -0.39 is 0 Å². The van der Waals surface area contributed by atoms with Crippen LogP contribution < -0.4 is 0 Å². The van der Waals surface area contributed by atoms with Crippen molar-refractivity contribution in [1.82, 2.24) is 19.6 Å². The fraction of sp³-hybridized carbons (Fsp3) is 0.733. The lowest BCUT2D eigenvalue weighted by atomic mass is 9.76. The van der Waals surface area contributed by atoms with Gasteiger partial charge in [0, 0.05) is 25.8 Å². The van der Waals surface area contributed by atoms with Crippen molar-refractivity contribution < 1.29 is 4.79 Å². The second kappa shape index (κ2) is 4.88. The molecule has 2 fully saturated rings. The van der Waals surface area contributed by atoms with E-state index in [1.165, 1.54) is 12.8 Å². The van der Waals surface area contributed by atoms with Gasteiger partial charge in [0.1, 0.15) is 0 Å². The molecule has 5 nitrogen and oxygen atoms in total. The van der Waals surface area contributed by atoms with E-state index in [4.69, 9.17) is 0 Å². The van der Waals surface area contributed by atoms with Crippen LogP contribution in [0.5, 0.6) is 0 Å². The number of aromatic nitrogens is 2. The van der Waals surface area contributed by atoms with E-state index in [1.807, 2.05) is 13.2 Å². The first kappa shape index (κ1) is 13.6. The minimum Gasteiger partial charge on any atom is -0.332 e. The summed E-state index contributed by atoms with van der Waals surface area (Å²) in [4.78, 5) is 17.4. The molecule has 2 aliphatic heterocycles. The fourth-order valence-electron chi connectivity index (χ4n) is 4.05. The molecule has 1 amide bonds. The topological polar surface area (TPSA) is 41.4 Å². The summed E-state index contributed by atoms with van der Waals surface area (Å²) in [6, 6.07) is 0.491. The normalized spacial score (nSPS) is 31.1. The number of amides is 1. The number of piperidine rings is 2. The first-order valence-corrected chi connectivity index (χ1v) is 7.53. The Morgan fingerprint density at radius 1 is 1.35 bits per heavy atom. The molecule has 0 N–H and O–H groups in total. The van der Waals surface area contributed by atoms with Crippen molar-refractivity contribution in [2.75, 3.05) is 20.1 Å². The standard InChI is InChI=1S/C15H24N4O/c1-15-7-5-8-17(2)13(15)6-4-9-19(15)14(20)12-10-16-18(3)11-12/h10-11,13H,4-9H2,1-3H3/t13-,15+/m1/s1. The van der Waals surface area contributed by atoms with Gasteiger partial charge in [0.05, 0.1) is 17.3 Å². The quantitative estimate of drug-likeness (QED) is 0.781. The number of hydrogen-bond acceptors (Lipinski definition) is 3. The molecule has 0 saturated carbocycles. The Kier molecular flexibility index (Phi) is 3.32. The molecule has 0 radical (unpaired) electrons. The molecule has 2 saturated heterocycles. The van der Waals surface area contributed by atoms with Crippen LogP contribution in [0.3, 0.4) is 0 Å². The lowest BCUT2D eigenvalue weighted by molar-refractivity contribution is -0.0346. The van der Waals surface area contributed by atoms with Crippen molar-refractivity contribution in [3.8, 4) is 0 Å². The van der Waals surface area contributed by atoms with Gasteiger partial charge in [-0.2, -0.15) is 5.10 Å². The van der Waals surface area contributed by atoms with E-state index in [0.29, 0.717) is 11.6 Å².